The van der Waals surface area contributed by atoms with Crippen LogP contribution in [0.25, 0.3) is 0 Å². The third kappa shape index (κ3) is 6.52. The van der Waals surface area contributed by atoms with Crippen molar-refractivity contribution in [2.24, 2.45) is 10.1 Å². The van der Waals surface area contributed by atoms with Crippen LogP contribution in [-0.4, -0.2) is 39.8 Å². The van der Waals surface area contributed by atoms with Crippen molar-refractivity contribution in [2.45, 2.75) is 25.2 Å². The molecular formula is C15H24FIN4O2S. The molecule has 0 radical (unpaired) electrons. The summed E-state index contributed by atoms with van der Waals surface area (Å²) in [6, 6.07) is 6.63. The average Bonchev–Trinajstić information content (AvgIpc) is 3.25. The van der Waals surface area contributed by atoms with Crippen LogP contribution < -0.4 is 15.8 Å². The minimum atomic E-state index is -3.50. The Morgan fingerprint density at radius 2 is 2.08 bits per heavy atom. The van der Waals surface area contributed by atoms with Crippen LogP contribution in [0.3, 0.4) is 0 Å². The molecule has 1 aliphatic carbocycles. The quantitative estimate of drug-likeness (QED) is 0.318. The highest BCUT2D eigenvalue weighted by Gasteiger charge is 2.44. The number of benzene rings is 1. The average molecular weight is 470 g/mol. The van der Waals surface area contributed by atoms with Crippen LogP contribution in [0.2, 0.25) is 0 Å². The first-order chi connectivity index (χ1) is 10.8. The van der Waals surface area contributed by atoms with Crippen LogP contribution in [-0.2, 0) is 15.4 Å². The molecule has 1 aromatic carbocycles. The van der Waals surface area contributed by atoms with Gasteiger partial charge in [-0.3, -0.25) is 4.99 Å². The van der Waals surface area contributed by atoms with Crippen molar-refractivity contribution < 1.29 is 12.8 Å². The Labute approximate surface area is 159 Å². The smallest absolute Gasteiger partial charge is 0.210 e. The van der Waals surface area contributed by atoms with Gasteiger partial charge in [-0.15, -0.1) is 24.0 Å². The largest absolute Gasteiger partial charge is 0.357 e. The standard InChI is InChI=1S/C15H23FN4O2S.HI/c1-2-18-14(19-8-9-23(17,21)22)20-11-15(6-7-15)12-4-3-5-13(16)10-12;/h3-5,10H,2,6-9,11H2,1H3,(H2,17,21,22)(H2,18,19,20);1H. The summed E-state index contributed by atoms with van der Waals surface area (Å²) in [5, 5.41) is 11.0. The number of primary sulfonamides is 1. The molecule has 1 aliphatic rings. The van der Waals surface area contributed by atoms with Gasteiger partial charge in [0.1, 0.15) is 5.82 Å². The lowest BCUT2D eigenvalue weighted by molar-refractivity contribution is 0.596. The van der Waals surface area contributed by atoms with Gasteiger partial charge >= 0.3 is 0 Å². The summed E-state index contributed by atoms with van der Waals surface area (Å²) in [4.78, 5) is 4.51. The molecule has 0 spiro atoms. The molecule has 6 nitrogen and oxygen atoms in total. The van der Waals surface area contributed by atoms with Crippen molar-refractivity contribution >= 4 is 40.0 Å². The number of nitrogens with zero attached hydrogens (tertiary/aromatic N) is 1. The van der Waals surface area contributed by atoms with Crippen molar-refractivity contribution in [2.75, 3.05) is 25.4 Å². The highest BCUT2D eigenvalue weighted by molar-refractivity contribution is 14.0. The second kappa shape index (κ2) is 8.95. The maximum Gasteiger partial charge on any atom is 0.210 e. The first kappa shape index (κ1) is 21.1. The van der Waals surface area contributed by atoms with Crippen LogP contribution in [0.1, 0.15) is 25.3 Å². The summed E-state index contributed by atoms with van der Waals surface area (Å²) in [7, 11) is -3.50. The molecule has 136 valence electrons. The van der Waals surface area contributed by atoms with Gasteiger partial charge in [-0.2, -0.15) is 0 Å². The Bertz CT molecular complexity index is 678. The number of hydrogen-bond acceptors (Lipinski definition) is 3. The Balaban J connectivity index is 0.00000288. The molecule has 0 saturated heterocycles. The Morgan fingerprint density at radius 1 is 1.38 bits per heavy atom. The predicted octanol–water partition coefficient (Wildman–Crippen LogP) is 1.32. The SMILES string of the molecule is CCNC(=NCC1(c2cccc(F)c2)CC1)NCCS(N)(=O)=O.I. The molecule has 9 heteroatoms. The Kier molecular flexibility index (Phi) is 7.87. The first-order valence-corrected chi connectivity index (χ1v) is 9.35. The van der Waals surface area contributed by atoms with Crippen LogP contribution in [0.15, 0.2) is 29.3 Å². The van der Waals surface area contributed by atoms with Crippen molar-refractivity contribution in [3.63, 3.8) is 0 Å². The summed E-state index contributed by atoms with van der Waals surface area (Å²) >= 11 is 0. The third-order valence-electron chi connectivity index (χ3n) is 3.85. The number of guanidine groups is 1. The fourth-order valence-electron chi connectivity index (χ4n) is 2.39. The molecule has 4 N–H and O–H groups in total. The van der Waals surface area contributed by atoms with Crippen molar-refractivity contribution in [1.82, 2.24) is 10.6 Å². The number of rotatable bonds is 7. The number of nitrogens with one attached hydrogen (secondary N) is 2. The van der Waals surface area contributed by atoms with Gasteiger partial charge in [-0.25, -0.2) is 17.9 Å². The second-order valence-electron chi connectivity index (χ2n) is 5.78. The van der Waals surface area contributed by atoms with Crippen molar-refractivity contribution in [1.29, 1.82) is 0 Å². The van der Waals surface area contributed by atoms with Crippen LogP contribution in [0.4, 0.5) is 4.39 Å². The number of hydrogen-bond donors (Lipinski definition) is 3. The number of nitrogens with two attached hydrogens (primary N) is 1. The molecule has 0 heterocycles. The molecule has 2 rings (SSSR count). The number of aliphatic imine (C=N–C) groups is 1. The van der Waals surface area contributed by atoms with Gasteiger partial charge in [0, 0.05) is 18.5 Å². The maximum atomic E-state index is 13.4. The fraction of sp³-hybridized carbons (Fsp3) is 0.533. The zero-order valence-corrected chi connectivity index (χ0v) is 16.7. The van der Waals surface area contributed by atoms with E-state index in [4.69, 9.17) is 5.14 Å². The molecule has 0 unspecified atom stereocenters. The topological polar surface area (TPSA) is 96.6 Å². The minimum absolute atomic E-state index is 0. The van der Waals surface area contributed by atoms with E-state index in [0.29, 0.717) is 19.0 Å². The van der Waals surface area contributed by atoms with Crippen LogP contribution >= 0.6 is 24.0 Å². The lowest BCUT2D eigenvalue weighted by Crippen LogP contribution is -2.40. The second-order valence-corrected chi connectivity index (χ2v) is 7.51. The molecule has 24 heavy (non-hydrogen) atoms. The monoisotopic (exact) mass is 470 g/mol. The van der Waals surface area contributed by atoms with E-state index in [0.717, 1.165) is 18.4 Å². The first-order valence-electron chi connectivity index (χ1n) is 7.63. The summed E-state index contributed by atoms with van der Waals surface area (Å²) in [6.45, 7) is 3.31. The fourth-order valence-corrected chi connectivity index (χ4v) is 2.78. The van der Waals surface area contributed by atoms with Gasteiger partial charge < -0.3 is 10.6 Å². The third-order valence-corrected chi connectivity index (χ3v) is 4.63. The lowest BCUT2D eigenvalue weighted by atomic mass is 9.96. The van der Waals surface area contributed by atoms with Crippen molar-refractivity contribution in [3.05, 3.63) is 35.6 Å². The molecule has 0 bridgehead atoms. The number of halogens is 2. The van der Waals surface area contributed by atoms with Crippen molar-refractivity contribution in [3.8, 4) is 0 Å². The van der Waals surface area contributed by atoms with E-state index >= 15 is 0 Å². The number of sulfonamides is 1. The van der Waals surface area contributed by atoms with E-state index in [1.165, 1.54) is 6.07 Å². The van der Waals surface area contributed by atoms with Gasteiger partial charge in [0.2, 0.25) is 10.0 Å². The van der Waals surface area contributed by atoms with Gasteiger partial charge in [0.05, 0.1) is 12.3 Å². The van der Waals surface area contributed by atoms with Gasteiger partial charge in [0.25, 0.3) is 0 Å². The molecular weight excluding hydrogens is 446 g/mol. The van der Waals surface area contributed by atoms with Crippen LogP contribution in [0, 0.1) is 5.82 Å². The van der Waals surface area contributed by atoms with E-state index in [-0.39, 0.29) is 47.5 Å². The normalized spacial score (nSPS) is 16.2. The molecule has 0 atom stereocenters. The molecule has 1 saturated carbocycles. The van der Waals surface area contributed by atoms with E-state index in [9.17, 15) is 12.8 Å². The zero-order chi connectivity index (χ0) is 16.9. The van der Waals surface area contributed by atoms with Gasteiger partial charge in [0.15, 0.2) is 5.96 Å². The summed E-state index contributed by atoms with van der Waals surface area (Å²) in [5.74, 6) is 0.140. The lowest BCUT2D eigenvalue weighted by Gasteiger charge is -2.16. The van der Waals surface area contributed by atoms with Crippen LogP contribution in [0.5, 0.6) is 0 Å². The van der Waals surface area contributed by atoms with E-state index in [2.05, 4.69) is 15.6 Å². The molecule has 0 aromatic heterocycles. The van der Waals surface area contributed by atoms with E-state index in [1.807, 2.05) is 13.0 Å². The van der Waals surface area contributed by atoms with E-state index in [1.54, 1.807) is 12.1 Å². The Morgan fingerprint density at radius 3 is 2.62 bits per heavy atom. The maximum absolute atomic E-state index is 13.4. The zero-order valence-electron chi connectivity index (χ0n) is 13.6. The highest BCUT2D eigenvalue weighted by Crippen LogP contribution is 2.48. The predicted molar refractivity (Wildman–Crippen MR) is 105 cm³/mol. The molecule has 0 aliphatic heterocycles. The summed E-state index contributed by atoms with van der Waals surface area (Å²) in [6.07, 6.45) is 1.94. The Hall–Kier alpha value is -0.940. The summed E-state index contributed by atoms with van der Waals surface area (Å²) < 4.78 is 35.3. The van der Waals surface area contributed by atoms with E-state index < -0.39 is 10.0 Å². The molecule has 0 amide bonds. The minimum Gasteiger partial charge on any atom is -0.357 e. The molecule has 1 fully saturated rings. The molecule has 1 aromatic rings. The van der Waals surface area contributed by atoms with Gasteiger partial charge in [-0.1, -0.05) is 12.1 Å². The van der Waals surface area contributed by atoms with Gasteiger partial charge in [-0.05, 0) is 37.5 Å². The highest BCUT2D eigenvalue weighted by atomic mass is 127. The summed E-state index contributed by atoms with van der Waals surface area (Å²) in [5.41, 5.74) is 0.853.